The van der Waals surface area contributed by atoms with Crippen LogP contribution in [0, 0.1) is 11.8 Å². The van der Waals surface area contributed by atoms with Crippen LogP contribution in [-0.2, 0) is 9.53 Å². The van der Waals surface area contributed by atoms with Crippen molar-refractivity contribution in [3.63, 3.8) is 0 Å². The molecule has 0 unspecified atom stereocenters. The van der Waals surface area contributed by atoms with Gasteiger partial charge in [0.25, 0.3) is 0 Å². The zero-order chi connectivity index (χ0) is 20.8. The van der Waals surface area contributed by atoms with Crippen molar-refractivity contribution in [1.29, 1.82) is 0 Å². The molecule has 4 atom stereocenters. The summed E-state index contributed by atoms with van der Waals surface area (Å²) in [4.78, 5) is 23.5. The van der Waals surface area contributed by atoms with E-state index in [9.17, 15) is 19.8 Å². The minimum Gasteiger partial charge on any atom is -0.507 e. The van der Waals surface area contributed by atoms with Gasteiger partial charge in [-0.15, -0.1) is 0 Å². The van der Waals surface area contributed by atoms with E-state index in [2.05, 4.69) is 13.8 Å². The van der Waals surface area contributed by atoms with Crippen LogP contribution in [0.15, 0.2) is 6.07 Å². The molecule has 0 spiro atoms. The predicted octanol–water partition coefficient (Wildman–Crippen LogP) is 2.81. The summed E-state index contributed by atoms with van der Waals surface area (Å²) < 4.78 is 16.8. The Bertz CT molecular complexity index is 800. The number of esters is 1. The van der Waals surface area contributed by atoms with Gasteiger partial charge in [-0.1, -0.05) is 13.8 Å². The number of hydrogen-bond acceptors (Lipinski definition) is 7. The second-order valence-corrected chi connectivity index (χ2v) is 8.17. The van der Waals surface area contributed by atoms with Gasteiger partial charge in [0.05, 0.1) is 7.11 Å². The first-order chi connectivity index (χ1) is 13.1. The van der Waals surface area contributed by atoms with Crippen LogP contribution in [0.25, 0.3) is 0 Å². The molecular weight excluding hydrogens is 364 g/mol. The number of aromatic hydroxyl groups is 1. The molecule has 7 heteroatoms. The Kier molecular flexibility index (Phi) is 5.32. The van der Waals surface area contributed by atoms with Crippen molar-refractivity contribution >= 4 is 11.8 Å². The topological polar surface area (TPSA) is 102 Å². The molecule has 0 saturated heterocycles. The van der Waals surface area contributed by atoms with E-state index >= 15 is 0 Å². The average Bonchev–Trinajstić information content (AvgIpc) is 3.00. The molecule has 0 aromatic heterocycles. The predicted molar refractivity (Wildman–Crippen MR) is 101 cm³/mol. The second kappa shape index (κ2) is 7.28. The number of rotatable bonds is 5. The van der Waals surface area contributed by atoms with Gasteiger partial charge >= 0.3 is 5.97 Å². The van der Waals surface area contributed by atoms with E-state index in [1.165, 1.54) is 27.0 Å². The highest BCUT2D eigenvalue weighted by atomic mass is 16.6. The van der Waals surface area contributed by atoms with Gasteiger partial charge in [-0.3, -0.25) is 9.59 Å². The van der Waals surface area contributed by atoms with Crippen molar-refractivity contribution in [2.24, 2.45) is 11.8 Å². The van der Waals surface area contributed by atoms with Gasteiger partial charge in [-0.05, 0) is 31.6 Å². The van der Waals surface area contributed by atoms with Gasteiger partial charge in [0.1, 0.15) is 41.1 Å². The number of carbonyl (C=O) groups is 2. The molecule has 1 aromatic carbocycles. The molecule has 1 aromatic rings. The molecule has 1 aliphatic carbocycles. The maximum Gasteiger partial charge on any atom is 0.302 e. The smallest absolute Gasteiger partial charge is 0.302 e. The molecule has 0 radical (unpaired) electrons. The molecule has 0 amide bonds. The molecular formula is C21H28O7. The van der Waals surface area contributed by atoms with Gasteiger partial charge < -0.3 is 24.4 Å². The van der Waals surface area contributed by atoms with Crippen molar-refractivity contribution in [2.45, 2.75) is 58.2 Å². The molecule has 154 valence electrons. The molecule has 1 aliphatic heterocycles. The lowest BCUT2D eigenvalue weighted by molar-refractivity contribution is -0.165. The lowest BCUT2D eigenvalue weighted by atomic mass is 9.64. The summed E-state index contributed by atoms with van der Waals surface area (Å²) in [5.41, 5.74) is -0.618. The zero-order valence-electron chi connectivity index (χ0n) is 16.9. The van der Waals surface area contributed by atoms with Crippen molar-refractivity contribution in [2.75, 3.05) is 13.7 Å². The summed E-state index contributed by atoms with van der Waals surface area (Å²) in [6.45, 7) is 6.67. The summed E-state index contributed by atoms with van der Waals surface area (Å²) in [5, 5.41) is 21.7. The van der Waals surface area contributed by atoms with Gasteiger partial charge in [0.15, 0.2) is 5.78 Å². The largest absolute Gasteiger partial charge is 0.507 e. The van der Waals surface area contributed by atoms with Crippen molar-refractivity contribution in [1.82, 2.24) is 0 Å². The number of fused-ring (bicyclic) bond motifs is 3. The third-order valence-corrected chi connectivity index (χ3v) is 6.02. The number of phenols is 1. The minimum absolute atomic E-state index is 0.0857. The molecule has 2 aliphatic rings. The molecule has 1 saturated carbocycles. The van der Waals surface area contributed by atoms with Crippen molar-refractivity contribution in [3.8, 4) is 17.2 Å². The van der Waals surface area contributed by atoms with Crippen LogP contribution in [0.3, 0.4) is 0 Å². The molecule has 28 heavy (non-hydrogen) atoms. The number of benzene rings is 1. The highest BCUT2D eigenvalue weighted by Crippen LogP contribution is 2.58. The van der Waals surface area contributed by atoms with E-state index < -0.39 is 17.7 Å². The molecule has 2 N–H and O–H groups in total. The first-order valence-electron chi connectivity index (χ1n) is 9.58. The Morgan fingerprint density at radius 2 is 2.04 bits per heavy atom. The van der Waals surface area contributed by atoms with Gasteiger partial charge in [-0.25, -0.2) is 0 Å². The van der Waals surface area contributed by atoms with Crippen molar-refractivity contribution in [3.05, 3.63) is 17.2 Å². The van der Waals surface area contributed by atoms with E-state index in [1.54, 1.807) is 0 Å². The van der Waals surface area contributed by atoms with E-state index in [0.717, 1.165) is 0 Å². The van der Waals surface area contributed by atoms with E-state index in [-0.39, 0.29) is 41.3 Å². The Balaban J connectivity index is 2.17. The van der Waals surface area contributed by atoms with Gasteiger partial charge in [0, 0.05) is 24.5 Å². The highest BCUT2D eigenvalue weighted by Gasteiger charge is 2.57. The maximum absolute atomic E-state index is 12.2. The molecule has 7 nitrogen and oxygen atoms in total. The molecule has 1 heterocycles. The van der Waals surface area contributed by atoms with Crippen LogP contribution in [0.1, 0.15) is 62.4 Å². The normalized spacial score (nSPS) is 28.3. The summed E-state index contributed by atoms with van der Waals surface area (Å²) in [6.07, 6.45) is 0.401. The van der Waals surface area contributed by atoms with Crippen LogP contribution in [0.2, 0.25) is 0 Å². The first kappa shape index (κ1) is 20.5. The standard InChI is InChI=1S/C21H28O7/c1-10(2)13-6-7-21(25,9-27-12(4)23)20-17(13)18-15(26-5)8-14(24)16(11(3)22)19(18)28-20/h8,10,13,17,20,24-25H,6-7,9H2,1-5H3/t13-,17+,20-,21+/m1/s1. The monoisotopic (exact) mass is 392 g/mol. The number of carbonyl (C=O) groups excluding carboxylic acids is 2. The molecule has 1 fully saturated rings. The fourth-order valence-electron chi connectivity index (χ4n) is 4.69. The van der Waals surface area contributed by atoms with E-state index in [1.807, 2.05) is 0 Å². The first-order valence-corrected chi connectivity index (χ1v) is 9.58. The number of ketones is 1. The van der Waals surface area contributed by atoms with Crippen LogP contribution >= 0.6 is 0 Å². The van der Waals surface area contributed by atoms with Crippen LogP contribution < -0.4 is 9.47 Å². The Hall–Kier alpha value is -2.28. The number of aliphatic hydroxyl groups is 1. The number of ether oxygens (including phenoxy) is 3. The fraction of sp³-hybridized carbons (Fsp3) is 0.619. The average molecular weight is 392 g/mol. The number of methoxy groups -OCH3 is 1. The lowest BCUT2D eigenvalue weighted by Crippen LogP contribution is -2.55. The second-order valence-electron chi connectivity index (χ2n) is 8.17. The Morgan fingerprint density at radius 1 is 1.36 bits per heavy atom. The highest BCUT2D eigenvalue weighted by molar-refractivity contribution is 6.00. The summed E-state index contributed by atoms with van der Waals surface area (Å²) in [6, 6.07) is 1.43. The summed E-state index contributed by atoms with van der Waals surface area (Å²) in [7, 11) is 1.49. The Morgan fingerprint density at radius 3 is 2.57 bits per heavy atom. The Labute approximate surface area is 164 Å². The van der Waals surface area contributed by atoms with Crippen LogP contribution in [0.5, 0.6) is 17.2 Å². The van der Waals surface area contributed by atoms with Crippen LogP contribution in [-0.4, -0.2) is 47.4 Å². The van der Waals surface area contributed by atoms with E-state index in [0.29, 0.717) is 30.1 Å². The number of phenolic OH excluding ortho intramolecular Hbond substituents is 1. The molecule has 3 rings (SSSR count). The maximum atomic E-state index is 12.2. The SMILES string of the molecule is COc1cc(O)c(C(C)=O)c2c1[C@@H]1[C@@H](C(C)C)CC[C@](O)(COC(C)=O)[C@@H]1O2. The molecule has 0 bridgehead atoms. The summed E-state index contributed by atoms with van der Waals surface area (Å²) >= 11 is 0. The minimum atomic E-state index is -1.39. The van der Waals surface area contributed by atoms with Gasteiger partial charge in [-0.2, -0.15) is 0 Å². The third-order valence-electron chi connectivity index (χ3n) is 6.02. The zero-order valence-corrected chi connectivity index (χ0v) is 16.9. The fourth-order valence-corrected chi connectivity index (χ4v) is 4.69. The number of hydrogen-bond donors (Lipinski definition) is 2. The quantitative estimate of drug-likeness (QED) is 0.587. The number of Topliss-reactive ketones (excluding diaryl/α,β-unsaturated/α-hetero) is 1. The van der Waals surface area contributed by atoms with E-state index in [4.69, 9.17) is 14.2 Å². The van der Waals surface area contributed by atoms with Crippen LogP contribution in [0.4, 0.5) is 0 Å². The third kappa shape index (κ3) is 3.21. The van der Waals surface area contributed by atoms with Crippen molar-refractivity contribution < 1.29 is 34.0 Å². The van der Waals surface area contributed by atoms with Gasteiger partial charge in [0.2, 0.25) is 0 Å². The lowest BCUT2D eigenvalue weighted by Gasteiger charge is -2.45. The summed E-state index contributed by atoms with van der Waals surface area (Å²) in [5.74, 6) is -0.141.